The highest BCUT2D eigenvalue weighted by molar-refractivity contribution is 5.84. The molecule has 1 aromatic carbocycles. The Balaban J connectivity index is 3.08. The molecule has 0 saturated heterocycles. The SMILES string of the molecule is CCCCN(CC)c1ccc(C(C#N)=C(C#N)C#N)cc1. The van der Waals surface area contributed by atoms with Crippen LogP contribution in [0.2, 0.25) is 0 Å². The minimum Gasteiger partial charge on any atom is -0.372 e. The lowest BCUT2D eigenvalue weighted by Gasteiger charge is -2.23. The first-order valence-corrected chi connectivity index (χ1v) is 7.01. The van der Waals surface area contributed by atoms with Gasteiger partial charge in [-0.1, -0.05) is 25.5 Å². The molecule has 0 aliphatic heterocycles. The van der Waals surface area contributed by atoms with Crippen LogP contribution >= 0.6 is 0 Å². The highest BCUT2D eigenvalue weighted by atomic mass is 15.1. The molecule has 21 heavy (non-hydrogen) atoms. The van der Waals surface area contributed by atoms with Crippen LogP contribution < -0.4 is 4.90 Å². The standard InChI is InChI=1S/C17H18N4/c1-3-5-10-21(4-2)16-8-6-14(7-9-16)17(13-20)15(11-18)12-19/h6-9H,3-5,10H2,1-2H3. The van der Waals surface area contributed by atoms with Gasteiger partial charge in [0.05, 0.1) is 5.57 Å². The average Bonchev–Trinajstić information content (AvgIpc) is 2.54. The van der Waals surface area contributed by atoms with Crippen LogP contribution in [0.4, 0.5) is 5.69 Å². The number of rotatable bonds is 6. The zero-order valence-corrected chi connectivity index (χ0v) is 12.4. The van der Waals surface area contributed by atoms with Crippen molar-refractivity contribution in [1.82, 2.24) is 0 Å². The monoisotopic (exact) mass is 278 g/mol. The van der Waals surface area contributed by atoms with E-state index in [0.717, 1.165) is 31.6 Å². The summed E-state index contributed by atoms with van der Waals surface area (Å²) >= 11 is 0. The molecule has 0 heterocycles. The number of hydrogen-bond acceptors (Lipinski definition) is 4. The van der Waals surface area contributed by atoms with Gasteiger partial charge in [-0.3, -0.25) is 0 Å². The molecule has 1 aromatic rings. The predicted octanol–water partition coefficient (Wildman–Crippen LogP) is 3.64. The summed E-state index contributed by atoms with van der Waals surface area (Å²) in [6.45, 7) is 6.18. The van der Waals surface area contributed by atoms with E-state index in [1.165, 1.54) is 0 Å². The topological polar surface area (TPSA) is 74.6 Å². The summed E-state index contributed by atoms with van der Waals surface area (Å²) in [4.78, 5) is 2.26. The highest BCUT2D eigenvalue weighted by Crippen LogP contribution is 2.22. The van der Waals surface area contributed by atoms with Crippen molar-refractivity contribution in [3.8, 4) is 18.2 Å². The molecule has 4 heteroatoms. The van der Waals surface area contributed by atoms with Gasteiger partial charge in [-0.2, -0.15) is 15.8 Å². The maximum absolute atomic E-state index is 9.13. The Labute approximate surface area is 126 Å². The lowest BCUT2D eigenvalue weighted by atomic mass is 10.0. The molecule has 106 valence electrons. The fourth-order valence-corrected chi connectivity index (χ4v) is 2.06. The molecule has 0 spiro atoms. The minimum absolute atomic E-state index is 0.128. The molecular weight excluding hydrogens is 260 g/mol. The molecule has 0 aromatic heterocycles. The van der Waals surface area contributed by atoms with E-state index in [4.69, 9.17) is 15.8 Å². The second kappa shape index (κ2) is 8.41. The number of nitrogens with zero attached hydrogens (tertiary/aromatic N) is 4. The van der Waals surface area contributed by atoms with Crippen molar-refractivity contribution in [3.63, 3.8) is 0 Å². The fraction of sp³-hybridized carbons (Fsp3) is 0.353. The molecule has 4 nitrogen and oxygen atoms in total. The van der Waals surface area contributed by atoms with Gasteiger partial charge < -0.3 is 4.90 Å². The van der Waals surface area contributed by atoms with Crippen LogP contribution in [-0.2, 0) is 0 Å². The zero-order chi connectivity index (χ0) is 15.7. The molecule has 0 aliphatic rings. The van der Waals surface area contributed by atoms with Gasteiger partial charge in [-0.05, 0) is 31.0 Å². The third-order valence-electron chi connectivity index (χ3n) is 3.27. The van der Waals surface area contributed by atoms with Crippen molar-refractivity contribution >= 4 is 11.3 Å². The number of benzene rings is 1. The molecule has 0 fully saturated rings. The Morgan fingerprint density at radius 2 is 1.62 bits per heavy atom. The number of unbranched alkanes of at least 4 members (excludes halogenated alkanes) is 1. The van der Waals surface area contributed by atoms with Gasteiger partial charge in [0.1, 0.15) is 23.8 Å². The fourth-order valence-electron chi connectivity index (χ4n) is 2.06. The van der Waals surface area contributed by atoms with Crippen molar-refractivity contribution in [2.45, 2.75) is 26.7 Å². The van der Waals surface area contributed by atoms with Crippen molar-refractivity contribution in [1.29, 1.82) is 15.8 Å². The van der Waals surface area contributed by atoms with E-state index >= 15 is 0 Å². The first-order valence-electron chi connectivity index (χ1n) is 7.01. The maximum atomic E-state index is 9.13. The van der Waals surface area contributed by atoms with Crippen LogP contribution in [0.15, 0.2) is 29.8 Å². The predicted molar refractivity (Wildman–Crippen MR) is 83.0 cm³/mol. The van der Waals surface area contributed by atoms with Crippen LogP contribution in [0.5, 0.6) is 0 Å². The zero-order valence-electron chi connectivity index (χ0n) is 12.4. The summed E-state index contributed by atoms with van der Waals surface area (Å²) in [6.07, 6.45) is 2.27. The molecule has 1 rings (SSSR count). The first-order chi connectivity index (χ1) is 10.2. The lowest BCUT2D eigenvalue weighted by Crippen LogP contribution is -2.23. The summed E-state index contributed by atoms with van der Waals surface area (Å²) in [7, 11) is 0. The number of nitriles is 3. The lowest BCUT2D eigenvalue weighted by molar-refractivity contribution is 0.732. The largest absolute Gasteiger partial charge is 0.372 e. The van der Waals surface area contributed by atoms with Gasteiger partial charge in [0.15, 0.2) is 0 Å². The van der Waals surface area contributed by atoms with Crippen LogP contribution in [0, 0.1) is 34.0 Å². The van der Waals surface area contributed by atoms with Gasteiger partial charge in [-0.25, -0.2) is 0 Å². The second-order valence-electron chi connectivity index (χ2n) is 4.57. The highest BCUT2D eigenvalue weighted by Gasteiger charge is 2.10. The van der Waals surface area contributed by atoms with E-state index in [2.05, 4.69) is 18.7 Å². The summed E-state index contributed by atoms with van der Waals surface area (Å²) in [6, 6.07) is 12.9. The van der Waals surface area contributed by atoms with Crippen LogP contribution in [0.25, 0.3) is 5.57 Å². The Morgan fingerprint density at radius 3 is 2.05 bits per heavy atom. The van der Waals surface area contributed by atoms with Gasteiger partial charge in [0, 0.05) is 18.8 Å². The van der Waals surface area contributed by atoms with E-state index in [1.54, 1.807) is 24.3 Å². The van der Waals surface area contributed by atoms with Crippen LogP contribution in [0.1, 0.15) is 32.3 Å². The van der Waals surface area contributed by atoms with Crippen molar-refractivity contribution in [2.24, 2.45) is 0 Å². The van der Waals surface area contributed by atoms with E-state index in [9.17, 15) is 0 Å². The van der Waals surface area contributed by atoms with Gasteiger partial charge in [0.2, 0.25) is 0 Å². The Kier molecular flexibility index (Phi) is 6.52. The molecule has 0 saturated carbocycles. The van der Waals surface area contributed by atoms with Gasteiger partial charge in [-0.15, -0.1) is 0 Å². The molecule has 0 amide bonds. The average molecular weight is 278 g/mol. The number of hydrogen-bond donors (Lipinski definition) is 0. The quantitative estimate of drug-likeness (QED) is 0.744. The molecule has 0 N–H and O–H groups in total. The van der Waals surface area contributed by atoms with Gasteiger partial charge in [0.25, 0.3) is 0 Å². The van der Waals surface area contributed by atoms with Crippen LogP contribution in [-0.4, -0.2) is 13.1 Å². The number of anilines is 1. The van der Waals surface area contributed by atoms with Crippen molar-refractivity contribution < 1.29 is 0 Å². The molecule has 0 aliphatic carbocycles. The summed E-state index contributed by atoms with van der Waals surface area (Å²) in [5, 5.41) is 26.9. The maximum Gasteiger partial charge on any atom is 0.148 e. The molecule has 0 unspecified atom stereocenters. The minimum atomic E-state index is -0.149. The number of allylic oxidation sites excluding steroid dienone is 2. The normalized spacial score (nSPS) is 9.10. The molecular formula is C17H18N4. The Morgan fingerprint density at radius 1 is 1.00 bits per heavy atom. The second-order valence-corrected chi connectivity index (χ2v) is 4.57. The summed E-state index contributed by atoms with van der Waals surface area (Å²) < 4.78 is 0. The third-order valence-corrected chi connectivity index (χ3v) is 3.27. The van der Waals surface area contributed by atoms with E-state index in [-0.39, 0.29) is 11.1 Å². The first kappa shape index (κ1) is 16.3. The van der Waals surface area contributed by atoms with Crippen LogP contribution in [0.3, 0.4) is 0 Å². The molecule has 0 radical (unpaired) electrons. The third kappa shape index (κ3) is 4.10. The van der Waals surface area contributed by atoms with Crippen molar-refractivity contribution in [2.75, 3.05) is 18.0 Å². The molecule has 0 atom stereocenters. The Bertz CT molecular complexity index is 605. The molecule has 0 bridgehead atoms. The Hall–Kier alpha value is -2.77. The summed E-state index contributed by atoms with van der Waals surface area (Å²) in [5.74, 6) is 0. The smallest absolute Gasteiger partial charge is 0.148 e. The summed E-state index contributed by atoms with van der Waals surface area (Å²) in [5.41, 5.74) is 1.67. The van der Waals surface area contributed by atoms with Gasteiger partial charge >= 0.3 is 0 Å². The van der Waals surface area contributed by atoms with E-state index in [0.29, 0.717) is 5.56 Å². The van der Waals surface area contributed by atoms with E-state index in [1.807, 2.05) is 18.2 Å². The van der Waals surface area contributed by atoms with E-state index < -0.39 is 0 Å². The van der Waals surface area contributed by atoms with Crippen molar-refractivity contribution in [3.05, 3.63) is 35.4 Å².